The number of fused-ring (bicyclic) bond motifs is 1. The smallest absolute Gasteiger partial charge is 0.252 e. The average molecular weight is 470 g/mol. The molecule has 35 heavy (non-hydrogen) atoms. The van der Waals surface area contributed by atoms with Crippen LogP contribution in [0.15, 0.2) is 72.9 Å². The number of amides is 1. The number of carbonyl (C=O) groups excluding carboxylic acids is 1. The van der Waals surface area contributed by atoms with Crippen molar-refractivity contribution in [3.63, 3.8) is 0 Å². The summed E-state index contributed by atoms with van der Waals surface area (Å²) < 4.78 is 14.1. The van der Waals surface area contributed by atoms with Gasteiger partial charge in [0.2, 0.25) is 0 Å². The molecule has 2 aromatic heterocycles. The fourth-order valence-corrected chi connectivity index (χ4v) is 4.52. The van der Waals surface area contributed by atoms with Crippen LogP contribution < -0.4 is 10.2 Å². The van der Waals surface area contributed by atoms with E-state index in [1.54, 1.807) is 12.3 Å². The van der Waals surface area contributed by atoms with E-state index in [1.165, 1.54) is 6.07 Å². The Kier molecular flexibility index (Phi) is 6.68. The molecule has 6 nitrogen and oxygen atoms in total. The van der Waals surface area contributed by atoms with Crippen LogP contribution in [-0.4, -0.2) is 60.0 Å². The zero-order valence-electron chi connectivity index (χ0n) is 19.7. The molecule has 7 heteroatoms. The Morgan fingerprint density at radius 2 is 1.77 bits per heavy atom. The van der Waals surface area contributed by atoms with Gasteiger partial charge in [-0.3, -0.25) is 14.7 Å². The van der Waals surface area contributed by atoms with Gasteiger partial charge in [-0.15, -0.1) is 0 Å². The minimum absolute atomic E-state index is 0.120. The van der Waals surface area contributed by atoms with Gasteiger partial charge in [0, 0.05) is 50.9 Å². The number of aryl methyl sites for hydroxylation is 1. The highest BCUT2D eigenvalue weighted by Gasteiger charge is 2.20. The second-order valence-corrected chi connectivity index (χ2v) is 8.83. The lowest BCUT2D eigenvalue weighted by atomic mass is 10.0. The number of hydrogen-bond acceptors (Lipinski definition) is 5. The summed E-state index contributed by atoms with van der Waals surface area (Å²) in [6.07, 6.45) is 1.72. The van der Waals surface area contributed by atoms with Crippen molar-refractivity contribution in [3.05, 3.63) is 89.9 Å². The van der Waals surface area contributed by atoms with Crippen LogP contribution in [0.2, 0.25) is 0 Å². The molecule has 0 aliphatic carbocycles. The molecule has 1 saturated heterocycles. The van der Waals surface area contributed by atoms with Crippen LogP contribution in [0.25, 0.3) is 22.3 Å². The number of rotatable bonds is 6. The molecule has 1 fully saturated rings. The lowest BCUT2D eigenvalue weighted by Crippen LogP contribution is -2.48. The van der Waals surface area contributed by atoms with Gasteiger partial charge < -0.3 is 10.2 Å². The number of anilines is 1. The maximum Gasteiger partial charge on any atom is 0.252 e. The first-order valence-electron chi connectivity index (χ1n) is 11.9. The van der Waals surface area contributed by atoms with Gasteiger partial charge in [-0.05, 0) is 49.4 Å². The molecule has 0 bridgehead atoms. The van der Waals surface area contributed by atoms with E-state index < -0.39 is 0 Å². The highest BCUT2D eigenvalue weighted by atomic mass is 19.1. The van der Waals surface area contributed by atoms with E-state index in [2.05, 4.69) is 20.1 Å². The second-order valence-electron chi connectivity index (χ2n) is 8.83. The Hall–Kier alpha value is -3.84. The van der Waals surface area contributed by atoms with Crippen molar-refractivity contribution in [2.75, 3.05) is 44.2 Å². The summed E-state index contributed by atoms with van der Waals surface area (Å²) in [4.78, 5) is 26.8. The molecule has 3 heterocycles. The van der Waals surface area contributed by atoms with Crippen LogP contribution in [0.1, 0.15) is 15.9 Å². The van der Waals surface area contributed by atoms with Crippen LogP contribution in [0.5, 0.6) is 0 Å². The van der Waals surface area contributed by atoms with E-state index in [0.717, 1.165) is 54.9 Å². The Morgan fingerprint density at radius 3 is 2.54 bits per heavy atom. The van der Waals surface area contributed by atoms with E-state index >= 15 is 0 Å². The number of nitrogens with zero attached hydrogens (tertiary/aromatic N) is 4. The summed E-state index contributed by atoms with van der Waals surface area (Å²) in [5, 5.41) is 3.92. The number of pyridine rings is 2. The first-order chi connectivity index (χ1) is 17.1. The number of piperazine rings is 1. The minimum atomic E-state index is -0.182. The minimum Gasteiger partial charge on any atom is -0.367 e. The highest BCUT2D eigenvalue weighted by molar-refractivity contribution is 6.07. The Balaban J connectivity index is 1.25. The summed E-state index contributed by atoms with van der Waals surface area (Å²) in [5.41, 5.74) is 4.51. The molecule has 0 radical (unpaired) electrons. The molecular formula is C28H28FN5O. The fraction of sp³-hybridized carbons (Fsp3) is 0.250. The first kappa shape index (κ1) is 22.9. The number of carbonyl (C=O) groups is 1. The zero-order chi connectivity index (χ0) is 24.2. The van der Waals surface area contributed by atoms with Crippen LogP contribution in [0.4, 0.5) is 10.1 Å². The maximum absolute atomic E-state index is 14.1. The number of hydrogen-bond donors (Lipinski definition) is 1. The van der Waals surface area contributed by atoms with Crippen molar-refractivity contribution >= 4 is 22.5 Å². The van der Waals surface area contributed by atoms with Crippen molar-refractivity contribution in [1.82, 2.24) is 20.2 Å². The summed E-state index contributed by atoms with van der Waals surface area (Å²) in [7, 11) is 0. The zero-order valence-corrected chi connectivity index (χ0v) is 19.7. The van der Waals surface area contributed by atoms with E-state index in [9.17, 15) is 9.18 Å². The van der Waals surface area contributed by atoms with Crippen molar-refractivity contribution in [3.8, 4) is 11.4 Å². The van der Waals surface area contributed by atoms with Gasteiger partial charge in [-0.1, -0.05) is 29.8 Å². The van der Waals surface area contributed by atoms with Crippen LogP contribution in [-0.2, 0) is 0 Å². The van der Waals surface area contributed by atoms with E-state index in [4.69, 9.17) is 4.98 Å². The van der Waals surface area contributed by atoms with Gasteiger partial charge >= 0.3 is 0 Å². The fourth-order valence-electron chi connectivity index (χ4n) is 4.52. The van der Waals surface area contributed by atoms with Crippen LogP contribution in [0, 0.1) is 12.7 Å². The summed E-state index contributed by atoms with van der Waals surface area (Å²) in [6.45, 7) is 6.46. The molecule has 5 rings (SSSR count). The molecule has 1 N–H and O–H groups in total. The summed E-state index contributed by atoms with van der Waals surface area (Å²) in [6, 6.07) is 20.3. The number of nitrogens with one attached hydrogen (secondary N) is 1. The quantitative estimate of drug-likeness (QED) is 0.456. The van der Waals surface area contributed by atoms with E-state index in [1.807, 2.05) is 61.5 Å². The summed E-state index contributed by atoms with van der Waals surface area (Å²) in [5.74, 6) is -0.303. The molecule has 0 atom stereocenters. The van der Waals surface area contributed by atoms with Gasteiger partial charge in [0.05, 0.1) is 28.2 Å². The van der Waals surface area contributed by atoms with Crippen molar-refractivity contribution in [2.45, 2.75) is 6.92 Å². The Bertz CT molecular complexity index is 1340. The largest absolute Gasteiger partial charge is 0.367 e. The van der Waals surface area contributed by atoms with Gasteiger partial charge in [0.15, 0.2) is 0 Å². The van der Waals surface area contributed by atoms with Crippen molar-refractivity contribution in [2.24, 2.45) is 0 Å². The monoisotopic (exact) mass is 469 g/mol. The predicted octanol–water partition coefficient (Wildman–Crippen LogP) is 4.30. The van der Waals surface area contributed by atoms with Crippen molar-refractivity contribution in [1.29, 1.82) is 0 Å². The number of benzene rings is 2. The molecule has 0 saturated carbocycles. The van der Waals surface area contributed by atoms with Crippen LogP contribution >= 0.6 is 0 Å². The molecule has 1 amide bonds. The molecular weight excluding hydrogens is 441 g/mol. The number of aromatic nitrogens is 2. The number of para-hydroxylation sites is 1. The molecule has 0 unspecified atom stereocenters. The SMILES string of the molecule is Cc1ccc2nc(-c3ccccn3)cc(C(=O)NCCN3CCN(c4ccccc4F)CC3)c2c1. The molecule has 4 aromatic rings. The molecule has 2 aromatic carbocycles. The molecule has 178 valence electrons. The summed E-state index contributed by atoms with van der Waals surface area (Å²) >= 11 is 0. The standard InChI is InChI=1S/C28H28FN5O/c1-20-9-10-24-21(18-20)22(19-26(32-24)25-7-4-5-11-30-25)28(35)31-12-13-33-14-16-34(17-15-33)27-8-3-2-6-23(27)29/h2-11,18-19H,12-17H2,1H3,(H,31,35). The van der Waals surface area contributed by atoms with Gasteiger partial charge in [-0.2, -0.15) is 0 Å². The third kappa shape index (κ3) is 5.15. The molecule has 1 aliphatic rings. The Morgan fingerprint density at radius 1 is 0.971 bits per heavy atom. The lowest BCUT2D eigenvalue weighted by Gasteiger charge is -2.36. The second kappa shape index (κ2) is 10.2. The molecule has 1 aliphatic heterocycles. The lowest BCUT2D eigenvalue weighted by molar-refractivity contribution is 0.0949. The highest BCUT2D eigenvalue weighted by Crippen LogP contribution is 2.25. The normalized spacial score (nSPS) is 14.3. The Labute approximate surface area is 204 Å². The average Bonchev–Trinajstić information content (AvgIpc) is 2.89. The van der Waals surface area contributed by atoms with E-state index in [0.29, 0.717) is 23.5 Å². The number of halogens is 1. The predicted molar refractivity (Wildman–Crippen MR) is 137 cm³/mol. The third-order valence-electron chi connectivity index (χ3n) is 6.42. The van der Waals surface area contributed by atoms with Gasteiger partial charge in [-0.25, -0.2) is 9.37 Å². The maximum atomic E-state index is 14.1. The first-order valence-corrected chi connectivity index (χ1v) is 11.9. The van der Waals surface area contributed by atoms with Gasteiger partial charge in [0.25, 0.3) is 5.91 Å². The van der Waals surface area contributed by atoms with E-state index in [-0.39, 0.29) is 11.7 Å². The third-order valence-corrected chi connectivity index (χ3v) is 6.42. The van der Waals surface area contributed by atoms with Gasteiger partial charge in [0.1, 0.15) is 5.82 Å². The topological polar surface area (TPSA) is 61.4 Å². The van der Waals surface area contributed by atoms with Crippen molar-refractivity contribution < 1.29 is 9.18 Å². The van der Waals surface area contributed by atoms with Crippen LogP contribution in [0.3, 0.4) is 0 Å². The molecule has 0 spiro atoms.